The van der Waals surface area contributed by atoms with E-state index in [4.69, 9.17) is 0 Å². The summed E-state index contributed by atoms with van der Waals surface area (Å²) in [7, 11) is 0. The second-order valence-corrected chi connectivity index (χ2v) is 6.73. The van der Waals surface area contributed by atoms with Gasteiger partial charge >= 0.3 is 0 Å². The van der Waals surface area contributed by atoms with Crippen molar-refractivity contribution in [1.82, 2.24) is 14.9 Å². The summed E-state index contributed by atoms with van der Waals surface area (Å²) < 4.78 is 2.20. The number of aromatic nitrogens is 2. The minimum atomic E-state index is -0.00406. The molecule has 3 rings (SSSR count). The first-order valence-electron chi connectivity index (χ1n) is 8.07. The van der Waals surface area contributed by atoms with Crippen molar-refractivity contribution < 1.29 is 4.79 Å². The molecule has 0 saturated heterocycles. The van der Waals surface area contributed by atoms with Crippen LogP contribution in [0.4, 0.5) is 0 Å². The molecule has 1 amide bonds. The van der Waals surface area contributed by atoms with Crippen molar-refractivity contribution in [3.05, 3.63) is 58.1 Å². The van der Waals surface area contributed by atoms with Crippen LogP contribution in [0.1, 0.15) is 24.0 Å². The van der Waals surface area contributed by atoms with Crippen LogP contribution in [0.25, 0.3) is 17.1 Å². The van der Waals surface area contributed by atoms with Gasteiger partial charge in [-0.3, -0.25) is 4.79 Å². The molecule has 0 aliphatic carbocycles. The van der Waals surface area contributed by atoms with Gasteiger partial charge in [0.05, 0.1) is 11.0 Å². The molecule has 0 aliphatic heterocycles. The zero-order valence-corrected chi connectivity index (χ0v) is 14.8. The Balaban J connectivity index is 1.53. The predicted octanol–water partition coefficient (Wildman–Crippen LogP) is 4.02. The number of thiophene rings is 1. The van der Waals surface area contributed by atoms with E-state index in [0.29, 0.717) is 6.54 Å². The molecule has 3 aromatic rings. The van der Waals surface area contributed by atoms with Crippen molar-refractivity contribution in [2.45, 2.75) is 26.8 Å². The van der Waals surface area contributed by atoms with E-state index in [2.05, 4.69) is 20.9 Å². The molecule has 0 radical (unpaired) electrons. The lowest BCUT2D eigenvalue weighted by Gasteiger charge is -2.08. The van der Waals surface area contributed by atoms with Crippen LogP contribution in [0.5, 0.6) is 0 Å². The summed E-state index contributed by atoms with van der Waals surface area (Å²) in [6.45, 7) is 5.37. The number of hydrogen-bond donors (Lipinski definition) is 1. The first-order valence-corrected chi connectivity index (χ1v) is 8.95. The van der Waals surface area contributed by atoms with Crippen molar-refractivity contribution in [2.24, 2.45) is 0 Å². The monoisotopic (exact) mass is 339 g/mol. The minimum Gasteiger partial charge on any atom is -0.352 e. The lowest BCUT2D eigenvalue weighted by Crippen LogP contribution is -2.25. The van der Waals surface area contributed by atoms with Gasteiger partial charge in [0.2, 0.25) is 5.91 Å². The summed E-state index contributed by atoms with van der Waals surface area (Å²) in [5, 5.41) is 5.00. The van der Waals surface area contributed by atoms with Crippen molar-refractivity contribution in [3.63, 3.8) is 0 Å². The van der Waals surface area contributed by atoms with Gasteiger partial charge in [0.15, 0.2) is 0 Å². The number of carbonyl (C=O) groups excluding carboxylic acids is 1. The number of benzene rings is 1. The van der Waals surface area contributed by atoms with Crippen molar-refractivity contribution in [1.29, 1.82) is 0 Å². The second-order valence-electron chi connectivity index (χ2n) is 5.75. The third kappa shape index (κ3) is 3.74. The highest BCUT2D eigenvalue weighted by molar-refractivity contribution is 7.10. The number of hydrogen-bond acceptors (Lipinski definition) is 3. The molecule has 2 heterocycles. The molecular formula is C19H21N3OS. The Morgan fingerprint density at radius 3 is 2.92 bits per heavy atom. The Morgan fingerprint density at radius 2 is 2.12 bits per heavy atom. The van der Waals surface area contributed by atoms with Gasteiger partial charge in [-0.1, -0.05) is 18.2 Å². The maximum Gasteiger partial charge on any atom is 0.246 e. The fourth-order valence-electron chi connectivity index (χ4n) is 2.71. The average molecular weight is 339 g/mol. The van der Waals surface area contributed by atoms with E-state index >= 15 is 0 Å². The Labute approximate surface area is 145 Å². The van der Waals surface area contributed by atoms with Gasteiger partial charge < -0.3 is 9.88 Å². The molecule has 2 aromatic heterocycles. The molecule has 24 heavy (non-hydrogen) atoms. The number of aryl methyl sites for hydroxylation is 2. The first-order chi connectivity index (χ1) is 11.6. The molecule has 1 aromatic carbocycles. The zero-order chi connectivity index (χ0) is 16.9. The van der Waals surface area contributed by atoms with Crippen LogP contribution in [0.15, 0.2) is 47.4 Å². The normalized spacial score (nSPS) is 11.8. The average Bonchev–Trinajstić information content (AvgIpc) is 3.18. The summed E-state index contributed by atoms with van der Waals surface area (Å²) in [5.41, 5.74) is 2.91. The Bertz CT molecular complexity index is 862. The number of imidazole rings is 1. The maximum absolute atomic E-state index is 12.1. The Morgan fingerprint density at radius 1 is 1.29 bits per heavy atom. The van der Waals surface area contributed by atoms with Gasteiger partial charge in [-0.2, -0.15) is 0 Å². The number of amides is 1. The number of para-hydroxylation sites is 2. The topological polar surface area (TPSA) is 46.9 Å². The molecular weight excluding hydrogens is 318 g/mol. The molecule has 4 nitrogen and oxygen atoms in total. The van der Waals surface area contributed by atoms with Crippen molar-refractivity contribution in [3.8, 4) is 0 Å². The third-order valence-corrected chi connectivity index (χ3v) is 4.77. The number of rotatable bonds is 6. The third-order valence-electron chi connectivity index (χ3n) is 3.95. The summed E-state index contributed by atoms with van der Waals surface area (Å²) >= 11 is 1.63. The van der Waals surface area contributed by atoms with Gasteiger partial charge in [0.25, 0.3) is 0 Å². The van der Waals surface area contributed by atoms with E-state index in [1.54, 1.807) is 11.3 Å². The van der Waals surface area contributed by atoms with E-state index in [-0.39, 0.29) is 5.91 Å². The highest BCUT2D eigenvalue weighted by Crippen LogP contribution is 2.16. The number of nitrogens with one attached hydrogen (secondary N) is 1. The quantitative estimate of drug-likeness (QED) is 0.545. The fraction of sp³-hybridized carbons (Fsp3) is 0.263. The molecule has 0 saturated carbocycles. The van der Waals surface area contributed by atoms with Crippen molar-refractivity contribution in [2.75, 3.05) is 6.54 Å². The van der Waals surface area contributed by atoms with Crippen LogP contribution in [0.3, 0.4) is 0 Å². The van der Waals surface area contributed by atoms with E-state index in [1.807, 2.05) is 55.6 Å². The number of nitrogens with zero attached hydrogens (tertiary/aromatic N) is 2. The van der Waals surface area contributed by atoms with Crippen LogP contribution in [-0.2, 0) is 11.3 Å². The summed E-state index contributed by atoms with van der Waals surface area (Å²) in [6.07, 6.45) is 2.80. The molecule has 0 spiro atoms. The van der Waals surface area contributed by atoms with Crippen LogP contribution in [0, 0.1) is 6.92 Å². The molecule has 124 valence electrons. The molecule has 0 atom stereocenters. The molecule has 0 bridgehead atoms. The predicted molar refractivity (Wildman–Crippen MR) is 100 cm³/mol. The first kappa shape index (κ1) is 16.5. The van der Waals surface area contributed by atoms with Gasteiger partial charge in [0, 0.05) is 23.5 Å². The maximum atomic E-state index is 12.1. The summed E-state index contributed by atoms with van der Waals surface area (Å²) in [6, 6.07) is 12.1. The fourth-order valence-corrected chi connectivity index (χ4v) is 3.43. The number of fused-ring (bicyclic) bond motifs is 1. The van der Waals surface area contributed by atoms with Gasteiger partial charge in [0.1, 0.15) is 5.82 Å². The van der Waals surface area contributed by atoms with Crippen LogP contribution >= 0.6 is 11.3 Å². The lowest BCUT2D eigenvalue weighted by atomic mass is 10.2. The van der Waals surface area contributed by atoms with E-state index in [1.165, 1.54) is 0 Å². The number of carbonyl (C=O) groups is 1. The van der Waals surface area contributed by atoms with Gasteiger partial charge in [-0.05, 0) is 49.9 Å². The standard InChI is InChI=1S/C19H21N3OS/c1-14(13-16-7-5-12-24-16)19(23)20-10-6-11-22-15(2)21-17-8-3-4-9-18(17)22/h3-5,7-9,12-13H,6,10-11H2,1-2H3,(H,20,23)/b14-13+. The van der Waals surface area contributed by atoms with E-state index < -0.39 is 0 Å². The Kier molecular flexibility index (Phi) is 5.11. The lowest BCUT2D eigenvalue weighted by molar-refractivity contribution is -0.117. The molecule has 0 fully saturated rings. The van der Waals surface area contributed by atoms with Crippen LogP contribution in [0.2, 0.25) is 0 Å². The molecule has 5 heteroatoms. The smallest absolute Gasteiger partial charge is 0.246 e. The SMILES string of the molecule is C/C(=C\c1cccs1)C(=O)NCCCn1c(C)nc2ccccc21. The highest BCUT2D eigenvalue weighted by atomic mass is 32.1. The van der Waals surface area contributed by atoms with Gasteiger partial charge in [-0.25, -0.2) is 4.98 Å². The van der Waals surface area contributed by atoms with Crippen LogP contribution in [-0.4, -0.2) is 22.0 Å². The van der Waals surface area contributed by atoms with E-state index in [0.717, 1.165) is 40.3 Å². The Hall–Kier alpha value is -2.40. The molecule has 1 N–H and O–H groups in total. The molecule has 0 aliphatic rings. The largest absolute Gasteiger partial charge is 0.352 e. The summed E-state index contributed by atoms with van der Waals surface area (Å²) in [4.78, 5) is 17.8. The minimum absolute atomic E-state index is 0.00406. The van der Waals surface area contributed by atoms with E-state index in [9.17, 15) is 4.79 Å². The highest BCUT2D eigenvalue weighted by Gasteiger charge is 2.07. The van der Waals surface area contributed by atoms with Crippen LogP contribution < -0.4 is 5.32 Å². The van der Waals surface area contributed by atoms with Gasteiger partial charge in [-0.15, -0.1) is 11.3 Å². The molecule has 0 unspecified atom stereocenters. The summed E-state index contributed by atoms with van der Waals surface area (Å²) in [5.74, 6) is 1.01. The zero-order valence-electron chi connectivity index (χ0n) is 14.0. The second kappa shape index (κ2) is 7.45. The van der Waals surface area contributed by atoms with Crippen molar-refractivity contribution >= 4 is 34.4 Å².